The van der Waals surface area contributed by atoms with Crippen LogP contribution in [0, 0.1) is 0 Å². The van der Waals surface area contributed by atoms with Gasteiger partial charge in [0.15, 0.2) is 0 Å². The number of carbonyl (C=O) groups is 1. The highest BCUT2D eigenvalue weighted by Crippen LogP contribution is 2.33. The fourth-order valence-corrected chi connectivity index (χ4v) is 3.24. The van der Waals surface area contributed by atoms with Crippen LogP contribution in [0.15, 0.2) is 0 Å². The second-order valence-electron chi connectivity index (χ2n) is 5.68. The van der Waals surface area contributed by atoms with Crippen LogP contribution in [0.4, 0.5) is 0 Å². The van der Waals surface area contributed by atoms with Gasteiger partial charge in [0.05, 0.1) is 0 Å². The van der Waals surface area contributed by atoms with Crippen molar-refractivity contribution in [1.29, 1.82) is 0 Å². The summed E-state index contributed by atoms with van der Waals surface area (Å²) in [4.78, 5) is 14.1. The van der Waals surface area contributed by atoms with Crippen molar-refractivity contribution in [2.24, 2.45) is 5.73 Å². The fourth-order valence-electron chi connectivity index (χ4n) is 3.24. The Balaban J connectivity index is 2.60. The van der Waals surface area contributed by atoms with E-state index < -0.39 is 0 Å². The molecular formula is C15H31N3O. The van der Waals surface area contributed by atoms with Gasteiger partial charge < -0.3 is 11.1 Å². The topological polar surface area (TPSA) is 58.4 Å². The molecule has 1 amide bonds. The smallest absolute Gasteiger partial charge is 0.221 e. The normalized spacial score (nSPS) is 18.5. The molecule has 0 atom stereocenters. The Kier molecular flexibility index (Phi) is 7.39. The lowest BCUT2D eigenvalue weighted by Crippen LogP contribution is -2.56. The molecule has 0 unspecified atom stereocenters. The lowest BCUT2D eigenvalue weighted by Gasteiger charge is -2.46. The van der Waals surface area contributed by atoms with Crippen molar-refractivity contribution >= 4 is 5.91 Å². The van der Waals surface area contributed by atoms with Crippen LogP contribution in [0.25, 0.3) is 0 Å². The molecule has 4 nitrogen and oxygen atoms in total. The minimum atomic E-state index is 0.154. The molecule has 0 aromatic rings. The van der Waals surface area contributed by atoms with Crippen molar-refractivity contribution in [1.82, 2.24) is 10.2 Å². The zero-order chi connectivity index (χ0) is 14.1. The summed E-state index contributed by atoms with van der Waals surface area (Å²) in [6, 6.07) is 0. The first kappa shape index (κ1) is 16.4. The summed E-state index contributed by atoms with van der Waals surface area (Å²) in [5.41, 5.74) is 6.25. The van der Waals surface area contributed by atoms with E-state index in [4.69, 9.17) is 5.73 Å². The third-order valence-electron chi connectivity index (χ3n) is 4.31. The number of hydrogen-bond donors (Lipinski definition) is 2. The van der Waals surface area contributed by atoms with E-state index in [9.17, 15) is 4.79 Å². The van der Waals surface area contributed by atoms with Crippen molar-refractivity contribution in [3.63, 3.8) is 0 Å². The number of nitrogens with two attached hydrogens (primary N) is 1. The van der Waals surface area contributed by atoms with Gasteiger partial charge in [0.1, 0.15) is 0 Å². The quantitative estimate of drug-likeness (QED) is 0.707. The summed E-state index contributed by atoms with van der Waals surface area (Å²) in [5, 5.41) is 2.88. The predicted molar refractivity (Wildman–Crippen MR) is 80.0 cm³/mol. The molecule has 0 bridgehead atoms. The minimum absolute atomic E-state index is 0.154. The van der Waals surface area contributed by atoms with E-state index in [1.165, 1.54) is 32.1 Å². The Bertz CT molecular complexity index is 262. The molecule has 3 N–H and O–H groups in total. The number of hydrogen-bond acceptors (Lipinski definition) is 3. The second-order valence-corrected chi connectivity index (χ2v) is 5.68. The SMILES string of the molecule is CCCN(CCC(=O)NCC)C1(CN)CCCCC1. The molecule has 0 aromatic carbocycles. The summed E-state index contributed by atoms with van der Waals surface area (Å²) in [5.74, 6) is 0.159. The average Bonchev–Trinajstić information content (AvgIpc) is 2.44. The van der Waals surface area contributed by atoms with Gasteiger partial charge in [0, 0.05) is 31.6 Å². The standard InChI is InChI=1S/C15H31N3O/c1-3-11-18(12-8-14(19)17-4-2)15(13-16)9-6-5-7-10-15/h3-13,16H2,1-2H3,(H,17,19). The zero-order valence-corrected chi connectivity index (χ0v) is 12.7. The van der Waals surface area contributed by atoms with E-state index in [2.05, 4.69) is 17.1 Å². The maximum Gasteiger partial charge on any atom is 0.221 e. The molecule has 1 aliphatic rings. The largest absolute Gasteiger partial charge is 0.356 e. The predicted octanol–water partition coefficient (Wildman–Crippen LogP) is 1.89. The molecule has 0 spiro atoms. The van der Waals surface area contributed by atoms with Crippen molar-refractivity contribution in [3.05, 3.63) is 0 Å². The van der Waals surface area contributed by atoms with E-state index >= 15 is 0 Å². The summed E-state index contributed by atoms with van der Waals surface area (Å²) in [6.07, 6.45) is 7.99. The minimum Gasteiger partial charge on any atom is -0.356 e. The van der Waals surface area contributed by atoms with Crippen molar-refractivity contribution in [2.75, 3.05) is 26.2 Å². The van der Waals surface area contributed by atoms with Gasteiger partial charge in [-0.05, 0) is 32.7 Å². The summed E-state index contributed by atoms with van der Waals surface area (Å²) in [7, 11) is 0. The van der Waals surface area contributed by atoms with Gasteiger partial charge in [-0.1, -0.05) is 26.2 Å². The van der Waals surface area contributed by atoms with E-state index in [0.717, 1.165) is 26.1 Å². The summed E-state index contributed by atoms with van der Waals surface area (Å²) in [6.45, 7) is 7.50. The van der Waals surface area contributed by atoms with Crippen molar-refractivity contribution < 1.29 is 4.79 Å². The molecule has 0 aliphatic heterocycles. The molecule has 19 heavy (non-hydrogen) atoms. The van der Waals surface area contributed by atoms with Crippen LogP contribution in [0.3, 0.4) is 0 Å². The first-order chi connectivity index (χ1) is 9.18. The molecular weight excluding hydrogens is 238 g/mol. The first-order valence-corrected chi connectivity index (χ1v) is 7.90. The third kappa shape index (κ3) is 4.77. The van der Waals surface area contributed by atoms with Crippen LogP contribution in [-0.4, -0.2) is 42.5 Å². The van der Waals surface area contributed by atoms with E-state index in [-0.39, 0.29) is 11.4 Å². The van der Waals surface area contributed by atoms with E-state index in [1.807, 2.05) is 6.92 Å². The average molecular weight is 269 g/mol. The lowest BCUT2D eigenvalue weighted by atomic mass is 9.80. The fraction of sp³-hybridized carbons (Fsp3) is 0.933. The van der Waals surface area contributed by atoms with Crippen LogP contribution in [-0.2, 0) is 4.79 Å². The Labute approximate surface area is 118 Å². The van der Waals surface area contributed by atoms with Crippen molar-refractivity contribution in [2.45, 2.75) is 64.3 Å². The summed E-state index contributed by atoms with van der Waals surface area (Å²) >= 11 is 0. The molecule has 0 aromatic heterocycles. The number of nitrogens with zero attached hydrogens (tertiary/aromatic N) is 1. The van der Waals surface area contributed by atoms with Crippen molar-refractivity contribution in [3.8, 4) is 0 Å². The highest BCUT2D eigenvalue weighted by molar-refractivity contribution is 5.75. The molecule has 0 saturated heterocycles. The van der Waals surface area contributed by atoms with Crippen LogP contribution in [0.5, 0.6) is 0 Å². The molecule has 1 rings (SSSR count). The molecule has 0 heterocycles. The molecule has 4 heteroatoms. The highest BCUT2D eigenvalue weighted by atomic mass is 16.1. The zero-order valence-electron chi connectivity index (χ0n) is 12.7. The number of nitrogens with one attached hydrogen (secondary N) is 1. The molecule has 1 fully saturated rings. The van der Waals surface area contributed by atoms with Gasteiger partial charge in [0.25, 0.3) is 0 Å². The lowest BCUT2D eigenvalue weighted by molar-refractivity contribution is -0.121. The van der Waals surface area contributed by atoms with Gasteiger partial charge in [-0.2, -0.15) is 0 Å². The Morgan fingerprint density at radius 1 is 1.21 bits per heavy atom. The highest BCUT2D eigenvalue weighted by Gasteiger charge is 2.36. The maximum atomic E-state index is 11.7. The summed E-state index contributed by atoms with van der Waals surface area (Å²) < 4.78 is 0. The molecule has 0 radical (unpaired) electrons. The van der Waals surface area contributed by atoms with Gasteiger partial charge in [0.2, 0.25) is 5.91 Å². The maximum absolute atomic E-state index is 11.7. The van der Waals surface area contributed by atoms with E-state index in [0.29, 0.717) is 13.0 Å². The first-order valence-electron chi connectivity index (χ1n) is 7.90. The Morgan fingerprint density at radius 2 is 1.89 bits per heavy atom. The van der Waals surface area contributed by atoms with Gasteiger partial charge >= 0.3 is 0 Å². The van der Waals surface area contributed by atoms with Crippen LogP contribution >= 0.6 is 0 Å². The number of rotatable bonds is 8. The van der Waals surface area contributed by atoms with E-state index in [1.54, 1.807) is 0 Å². The number of carbonyl (C=O) groups excluding carboxylic acids is 1. The molecule has 1 saturated carbocycles. The van der Waals surface area contributed by atoms with Crippen LogP contribution in [0.2, 0.25) is 0 Å². The van der Waals surface area contributed by atoms with Crippen LogP contribution < -0.4 is 11.1 Å². The van der Waals surface area contributed by atoms with Gasteiger partial charge in [-0.25, -0.2) is 0 Å². The third-order valence-corrected chi connectivity index (χ3v) is 4.31. The molecule has 1 aliphatic carbocycles. The Morgan fingerprint density at radius 3 is 2.42 bits per heavy atom. The van der Waals surface area contributed by atoms with Crippen LogP contribution in [0.1, 0.15) is 58.8 Å². The Hall–Kier alpha value is -0.610. The second kappa shape index (κ2) is 8.54. The van der Waals surface area contributed by atoms with Gasteiger partial charge in [-0.15, -0.1) is 0 Å². The molecule has 112 valence electrons. The number of amides is 1. The van der Waals surface area contributed by atoms with Gasteiger partial charge in [-0.3, -0.25) is 9.69 Å². The monoisotopic (exact) mass is 269 g/mol.